The monoisotopic (exact) mass is 277 g/mol. The number of nitrogens with two attached hydrogens (primary N) is 1. The molecule has 0 aliphatic heterocycles. The summed E-state index contributed by atoms with van der Waals surface area (Å²) in [6, 6.07) is 7.15. The quantitative estimate of drug-likeness (QED) is 0.751. The van der Waals surface area contributed by atoms with E-state index >= 15 is 0 Å². The number of hydrogen-bond donors (Lipinski definition) is 2. The van der Waals surface area contributed by atoms with E-state index in [1.807, 2.05) is 17.5 Å². The molecular weight excluding hydrogens is 268 g/mol. The Labute approximate surface area is 111 Å². The fourth-order valence-corrected chi connectivity index (χ4v) is 2.65. The molecule has 0 aliphatic carbocycles. The zero-order valence-electron chi connectivity index (χ0n) is 9.65. The number of nitrogens with one attached hydrogen (secondary N) is 1. The number of hydrogen-bond acceptors (Lipinski definition) is 3. The van der Waals surface area contributed by atoms with Crippen molar-refractivity contribution in [1.82, 2.24) is 10.2 Å². The standard InChI is InChI=1S/C13H9F2N3S/c14-7-3-4-8(9(15)6-7)11-12(17-18-13(11)16)10-2-1-5-19-10/h1-6H,(H3,16,17,18). The Morgan fingerprint density at radius 2 is 2.05 bits per heavy atom. The molecule has 0 fully saturated rings. The maximum Gasteiger partial charge on any atom is 0.153 e. The van der Waals surface area contributed by atoms with Gasteiger partial charge in [-0.2, -0.15) is 5.10 Å². The largest absolute Gasteiger partial charge is 0.382 e. The molecule has 3 nitrogen and oxygen atoms in total. The molecule has 0 saturated heterocycles. The van der Waals surface area contributed by atoms with Gasteiger partial charge in [0.05, 0.1) is 16.1 Å². The van der Waals surface area contributed by atoms with E-state index in [4.69, 9.17) is 5.73 Å². The van der Waals surface area contributed by atoms with Crippen molar-refractivity contribution in [3.63, 3.8) is 0 Å². The molecule has 0 bridgehead atoms. The summed E-state index contributed by atoms with van der Waals surface area (Å²) in [6.45, 7) is 0. The number of halogens is 2. The third kappa shape index (κ3) is 2.00. The van der Waals surface area contributed by atoms with Crippen molar-refractivity contribution in [1.29, 1.82) is 0 Å². The number of rotatable bonds is 2. The van der Waals surface area contributed by atoms with Crippen LogP contribution in [0.4, 0.5) is 14.6 Å². The van der Waals surface area contributed by atoms with Gasteiger partial charge >= 0.3 is 0 Å². The van der Waals surface area contributed by atoms with E-state index in [0.29, 0.717) is 11.3 Å². The van der Waals surface area contributed by atoms with Gasteiger partial charge in [0, 0.05) is 11.6 Å². The van der Waals surface area contributed by atoms with Gasteiger partial charge in [0.2, 0.25) is 0 Å². The van der Waals surface area contributed by atoms with Crippen molar-refractivity contribution in [2.75, 3.05) is 5.73 Å². The highest BCUT2D eigenvalue weighted by Crippen LogP contribution is 2.37. The molecule has 2 heterocycles. The summed E-state index contributed by atoms with van der Waals surface area (Å²) in [5, 5.41) is 8.60. The summed E-state index contributed by atoms with van der Waals surface area (Å²) in [5.74, 6) is -1.10. The van der Waals surface area contributed by atoms with Crippen LogP contribution in [-0.4, -0.2) is 10.2 Å². The average Bonchev–Trinajstić information content (AvgIpc) is 2.99. The highest BCUT2D eigenvalue weighted by Gasteiger charge is 2.18. The Hall–Kier alpha value is -2.21. The van der Waals surface area contributed by atoms with Crippen LogP contribution in [0.25, 0.3) is 21.7 Å². The first kappa shape index (κ1) is 11.9. The fourth-order valence-electron chi connectivity index (χ4n) is 1.92. The van der Waals surface area contributed by atoms with Crippen LogP contribution in [0.15, 0.2) is 35.7 Å². The van der Waals surface area contributed by atoms with Gasteiger partial charge in [-0.25, -0.2) is 8.78 Å². The zero-order valence-corrected chi connectivity index (χ0v) is 10.5. The fraction of sp³-hybridized carbons (Fsp3) is 0. The molecule has 19 heavy (non-hydrogen) atoms. The molecule has 1 aromatic carbocycles. The Kier molecular flexibility index (Phi) is 2.79. The highest BCUT2D eigenvalue weighted by atomic mass is 32.1. The number of H-pyrrole nitrogens is 1. The molecular formula is C13H9F2N3S. The predicted octanol–water partition coefficient (Wildman–Crippen LogP) is 3.67. The summed E-state index contributed by atoms with van der Waals surface area (Å²) in [4.78, 5) is 0.892. The maximum atomic E-state index is 13.9. The van der Waals surface area contributed by atoms with E-state index in [2.05, 4.69) is 10.2 Å². The van der Waals surface area contributed by atoms with E-state index < -0.39 is 11.6 Å². The van der Waals surface area contributed by atoms with Crippen LogP contribution in [0.5, 0.6) is 0 Å². The molecule has 0 atom stereocenters. The van der Waals surface area contributed by atoms with E-state index in [1.54, 1.807) is 0 Å². The molecule has 0 amide bonds. The Morgan fingerprint density at radius 1 is 1.21 bits per heavy atom. The van der Waals surface area contributed by atoms with Crippen molar-refractivity contribution in [2.24, 2.45) is 0 Å². The van der Waals surface area contributed by atoms with Gasteiger partial charge in [0.25, 0.3) is 0 Å². The lowest BCUT2D eigenvalue weighted by Gasteiger charge is -2.04. The van der Waals surface area contributed by atoms with E-state index in [1.165, 1.54) is 23.5 Å². The molecule has 3 N–H and O–H groups in total. The van der Waals surface area contributed by atoms with E-state index in [9.17, 15) is 8.78 Å². The van der Waals surface area contributed by atoms with Gasteiger partial charge in [-0.1, -0.05) is 6.07 Å². The molecule has 0 spiro atoms. The molecule has 6 heteroatoms. The second kappa shape index (κ2) is 4.47. The number of benzene rings is 1. The second-order valence-electron chi connectivity index (χ2n) is 3.96. The van der Waals surface area contributed by atoms with E-state index in [0.717, 1.165) is 10.9 Å². The highest BCUT2D eigenvalue weighted by molar-refractivity contribution is 7.13. The molecule has 3 rings (SSSR count). The first-order valence-electron chi connectivity index (χ1n) is 5.50. The average molecular weight is 277 g/mol. The third-order valence-electron chi connectivity index (χ3n) is 2.76. The topological polar surface area (TPSA) is 54.7 Å². The minimum atomic E-state index is -0.661. The first-order valence-corrected chi connectivity index (χ1v) is 6.38. The molecule has 0 saturated carbocycles. The Morgan fingerprint density at radius 3 is 2.74 bits per heavy atom. The summed E-state index contributed by atoms with van der Waals surface area (Å²) < 4.78 is 26.9. The molecule has 0 aliphatic rings. The summed E-state index contributed by atoms with van der Waals surface area (Å²) in [5.41, 5.74) is 7.12. The van der Waals surface area contributed by atoms with Crippen molar-refractivity contribution in [3.8, 4) is 21.7 Å². The van der Waals surface area contributed by atoms with Crippen LogP contribution < -0.4 is 5.73 Å². The number of aromatic amines is 1. The normalized spacial score (nSPS) is 10.8. The predicted molar refractivity (Wildman–Crippen MR) is 71.7 cm³/mol. The van der Waals surface area contributed by atoms with Crippen LogP contribution in [0.2, 0.25) is 0 Å². The number of anilines is 1. The molecule has 3 aromatic rings. The first-order chi connectivity index (χ1) is 9.16. The van der Waals surface area contributed by atoms with Crippen LogP contribution in [0.3, 0.4) is 0 Å². The molecule has 2 aromatic heterocycles. The maximum absolute atomic E-state index is 13.9. The zero-order chi connectivity index (χ0) is 13.4. The lowest BCUT2D eigenvalue weighted by Crippen LogP contribution is -1.92. The molecule has 0 unspecified atom stereocenters. The smallest absolute Gasteiger partial charge is 0.153 e. The SMILES string of the molecule is Nc1n[nH]c(-c2cccs2)c1-c1ccc(F)cc1F. The number of nitrogens with zero attached hydrogens (tertiary/aromatic N) is 1. The van der Waals surface area contributed by atoms with Crippen LogP contribution in [0, 0.1) is 11.6 Å². The van der Waals surface area contributed by atoms with Gasteiger partial charge in [0.1, 0.15) is 11.6 Å². The second-order valence-corrected chi connectivity index (χ2v) is 4.91. The summed E-state index contributed by atoms with van der Waals surface area (Å²) in [6.07, 6.45) is 0. The molecule has 96 valence electrons. The van der Waals surface area contributed by atoms with E-state index in [-0.39, 0.29) is 11.4 Å². The van der Waals surface area contributed by atoms with Crippen molar-refractivity contribution in [2.45, 2.75) is 0 Å². The number of aromatic nitrogens is 2. The van der Waals surface area contributed by atoms with Crippen LogP contribution in [0.1, 0.15) is 0 Å². The minimum absolute atomic E-state index is 0.189. The van der Waals surface area contributed by atoms with Gasteiger partial charge in [-0.3, -0.25) is 5.10 Å². The van der Waals surface area contributed by atoms with Gasteiger partial charge in [-0.15, -0.1) is 11.3 Å². The Bertz CT molecular complexity index is 720. The number of thiophene rings is 1. The molecule has 0 radical (unpaired) electrons. The summed E-state index contributed by atoms with van der Waals surface area (Å²) in [7, 11) is 0. The van der Waals surface area contributed by atoms with Gasteiger partial charge in [-0.05, 0) is 23.6 Å². The van der Waals surface area contributed by atoms with Crippen LogP contribution in [-0.2, 0) is 0 Å². The van der Waals surface area contributed by atoms with Gasteiger partial charge in [0.15, 0.2) is 5.82 Å². The van der Waals surface area contributed by atoms with Crippen molar-refractivity contribution in [3.05, 3.63) is 47.3 Å². The van der Waals surface area contributed by atoms with Crippen molar-refractivity contribution >= 4 is 17.2 Å². The summed E-state index contributed by atoms with van der Waals surface area (Å²) >= 11 is 1.48. The van der Waals surface area contributed by atoms with Gasteiger partial charge < -0.3 is 5.73 Å². The minimum Gasteiger partial charge on any atom is -0.382 e. The number of nitrogen functional groups attached to an aromatic ring is 1. The Balaban J connectivity index is 2.22. The lowest BCUT2D eigenvalue weighted by molar-refractivity contribution is 0.585. The van der Waals surface area contributed by atoms with Crippen molar-refractivity contribution < 1.29 is 8.78 Å². The lowest BCUT2D eigenvalue weighted by atomic mass is 10.0. The van der Waals surface area contributed by atoms with Crippen LogP contribution >= 0.6 is 11.3 Å². The third-order valence-corrected chi connectivity index (χ3v) is 3.65.